The van der Waals surface area contributed by atoms with Crippen molar-refractivity contribution in [3.63, 3.8) is 0 Å². The third-order valence-corrected chi connectivity index (χ3v) is 6.41. The molecule has 1 atom stereocenters. The fourth-order valence-corrected chi connectivity index (χ4v) is 4.52. The molecule has 11 heteroatoms. The first-order valence-electron chi connectivity index (χ1n) is 8.57. The Balaban J connectivity index is 1.86. The molecule has 0 aliphatic carbocycles. The van der Waals surface area contributed by atoms with Crippen molar-refractivity contribution in [2.45, 2.75) is 17.2 Å². The lowest BCUT2D eigenvalue weighted by atomic mass is 10.2. The SMILES string of the molecule is [C-]#[N+]c1ccc(O[C@H]2CN(S(=O)(=O)c3ccc(C(F)(F)F)cc3[N+]#[C-])CC2=C)cc1F. The number of alkyl halides is 3. The second-order valence-electron chi connectivity index (χ2n) is 6.58. The molecule has 1 saturated heterocycles. The van der Waals surface area contributed by atoms with Gasteiger partial charge >= 0.3 is 6.18 Å². The average molecular weight is 451 g/mol. The fourth-order valence-electron chi connectivity index (χ4n) is 2.96. The second kappa shape index (κ2) is 8.02. The first-order chi connectivity index (χ1) is 14.5. The van der Waals surface area contributed by atoms with Crippen molar-refractivity contribution in [1.82, 2.24) is 4.31 Å². The van der Waals surface area contributed by atoms with Gasteiger partial charge in [-0.05, 0) is 23.8 Å². The Morgan fingerprint density at radius 1 is 1.10 bits per heavy atom. The Morgan fingerprint density at radius 3 is 2.35 bits per heavy atom. The van der Waals surface area contributed by atoms with E-state index in [0.717, 1.165) is 16.4 Å². The van der Waals surface area contributed by atoms with Crippen molar-refractivity contribution in [1.29, 1.82) is 0 Å². The molecule has 0 saturated carbocycles. The minimum atomic E-state index is -4.72. The zero-order chi connectivity index (χ0) is 23.0. The molecule has 0 spiro atoms. The van der Waals surface area contributed by atoms with Gasteiger partial charge in [0.05, 0.1) is 24.6 Å². The summed E-state index contributed by atoms with van der Waals surface area (Å²) in [6, 6.07) is 5.40. The molecule has 31 heavy (non-hydrogen) atoms. The molecule has 0 amide bonds. The standard InChI is InChI=1S/C20H13F4N3O3S/c1-12-10-27(11-18(12)30-14-5-6-16(25-2)15(21)9-14)31(28,29)19-7-4-13(20(22,23)24)8-17(19)26-3/h4-9,18H,1,10-11H2/t18-/m0/s1. The summed E-state index contributed by atoms with van der Waals surface area (Å²) in [5, 5.41) is 0. The number of rotatable bonds is 4. The summed E-state index contributed by atoms with van der Waals surface area (Å²) in [5.41, 5.74) is -1.64. The third kappa shape index (κ3) is 4.38. The van der Waals surface area contributed by atoms with Crippen LogP contribution in [-0.2, 0) is 16.2 Å². The lowest BCUT2D eigenvalue weighted by molar-refractivity contribution is -0.137. The van der Waals surface area contributed by atoms with E-state index in [-0.39, 0.29) is 24.5 Å². The maximum Gasteiger partial charge on any atom is 0.415 e. The van der Waals surface area contributed by atoms with Gasteiger partial charge in [-0.1, -0.05) is 18.7 Å². The quantitative estimate of drug-likeness (QED) is 0.375. The van der Waals surface area contributed by atoms with Crippen LogP contribution in [0.25, 0.3) is 9.69 Å². The van der Waals surface area contributed by atoms with E-state index in [4.69, 9.17) is 17.9 Å². The molecule has 1 fully saturated rings. The number of sulfonamides is 1. The fraction of sp³-hybridized carbons (Fsp3) is 0.200. The van der Waals surface area contributed by atoms with Crippen molar-refractivity contribution in [2.24, 2.45) is 0 Å². The summed E-state index contributed by atoms with van der Waals surface area (Å²) in [6.07, 6.45) is -5.57. The molecule has 1 aliphatic heterocycles. The molecule has 2 aromatic rings. The van der Waals surface area contributed by atoms with Crippen LogP contribution in [0.4, 0.5) is 28.9 Å². The van der Waals surface area contributed by atoms with Crippen molar-refractivity contribution >= 4 is 21.4 Å². The molecule has 0 N–H and O–H groups in total. The number of hydrogen-bond donors (Lipinski definition) is 0. The highest BCUT2D eigenvalue weighted by Crippen LogP contribution is 2.37. The highest BCUT2D eigenvalue weighted by atomic mass is 32.2. The molecule has 1 heterocycles. The topological polar surface area (TPSA) is 55.3 Å². The van der Waals surface area contributed by atoms with Crippen molar-refractivity contribution in [3.05, 3.63) is 82.8 Å². The van der Waals surface area contributed by atoms with Crippen LogP contribution in [0.15, 0.2) is 53.4 Å². The van der Waals surface area contributed by atoms with Gasteiger partial charge in [-0.3, -0.25) is 0 Å². The molecular weight excluding hydrogens is 438 g/mol. The number of halogens is 4. The Labute approximate surface area is 175 Å². The van der Waals surface area contributed by atoms with Crippen molar-refractivity contribution in [2.75, 3.05) is 13.1 Å². The molecular formula is C20H13F4N3O3S. The molecule has 1 aliphatic rings. The van der Waals surface area contributed by atoms with Gasteiger partial charge in [-0.2, -0.15) is 17.5 Å². The highest BCUT2D eigenvalue weighted by Gasteiger charge is 2.38. The van der Waals surface area contributed by atoms with Gasteiger partial charge < -0.3 is 4.74 Å². The second-order valence-corrected chi connectivity index (χ2v) is 8.49. The predicted octanol–water partition coefficient (Wildman–Crippen LogP) is 4.95. The molecule has 3 rings (SSSR count). The molecule has 2 aromatic carbocycles. The normalized spacial score (nSPS) is 17.2. The Hall–Kier alpha value is -3.41. The van der Waals surface area contributed by atoms with Crippen LogP contribution in [0.3, 0.4) is 0 Å². The van der Waals surface area contributed by atoms with Gasteiger partial charge in [-0.25, -0.2) is 22.5 Å². The first kappa shape index (κ1) is 22.3. The lowest BCUT2D eigenvalue weighted by Crippen LogP contribution is -2.31. The Bertz CT molecular complexity index is 1240. The zero-order valence-electron chi connectivity index (χ0n) is 15.6. The maximum atomic E-state index is 13.8. The van der Waals surface area contributed by atoms with E-state index < -0.39 is 44.3 Å². The van der Waals surface area contributed by atoms with Gasteiger partial charge in [-0.15, -0.1) is 0 Å². The van der Waals surface area contributed by atoms with E-state index >= 15 is 0 Å². The number of hydrogen-bond acceptors (Lipinski definition) is 3. The maximum absolute atomic E-state index is 13.8. The molecule has 0 bridgehead atoms. The summed E-state index contributed by atoms with van der Waals surface area (Å²) >= 11 is 0. The van der Waals surface area contributed by atoms with Crippen molar-refractivity contribution < 1.29 is 30.7 Å². The van der Waals surface area contributed by atoms with Gasteiger partial charge in [0.15, 0.2) is 0 Å². The van der Waals surface area contributed by atoms with Crippen LogP contribution in [0.1, 0.15) is 5.56 Å². The highest BCUT2D eigenvalue weighted by molar-refractivity contribution is 7.89. The summed E-state index contributed by atoms with van der Waals surface area (Å²) in [4.78, 5) is 5.37. The minimum absolute atomic E-state index is 0.0617. The van der Waals surface area contributed by atoms with E-state index in [1.54, 1.807) is 0 Å². The molecule has 0 radical (unpaired) electrons. The number of nitrogens with zero attached hydrogens (tertiary/aromatic N) is 3. The molecule has 0 aromatic heterocycles. The number of ether oxygens (including phenoxy) is 1. The van der Waals surface area contributed by atoms with Gasteiger partial charge in [0.2, 0.25) is 21.4 Å². The third-order valence-electron chi connectivity index (χ3n) is 4.55. The van der Waals surface area contributed by atoms with Crippen LogP contribution in [0.5, 0.6) is 5.75 Å². The smallest absolute Gasteiger partial charge is 0.415 e. The summed E-state index contributed by atoms with van der Waals surface area (Å²) in [5.74, 6) is -0.737. The minimum Gasteiger partial charge on any atom is -0.485 e. The van der Waals surface area contributed by atoms with Crippen LogP contribution in [-0.4, -0.2) is 31.9 Å². The van der Waals surface area contributed by atoms with Crippen LogP contribution >= 0.6 is 0 Å². The van der Waals surface area contributed by atoms with Gasteiger partial charge in [0.1, 0.15) is 17.7 Å². The van der Waals surface area contributed by atoms with Crippen molar-refractivity contribution in [3.8, 4) is 5.75 Å². The number of benzene rings is 2. The Morgan fingerprint density at radius 2 is 1.77 bits per heavy atom. The van der Waals surface area contributed by atoms with Crippen LogP contribution in [0.2, 0.25) is 0 Å². The van der Waals surface area contributed by atoms with Crippen LogP contribution in [0, 0.1) is 19.0 Å². The summed E-state index contributed by atoms with van der Waals surface area (Å²) < 4.78 is 84.9. The average Bonchev–Trinajstić information content (AvgIpc) is 3.08. The molecule has 160 valence electrons. The van der Waals surface area contributed by atoms with Crippen LogP contribution < -0.4 is 4.74 Å². The van der Waals surface area contributed by atoms with E-state index in [1.807, 2.05) is 0 Å². The largest absolute Gasteiger partial charge is 0.485 e. The lowest BCUT2D eigenvalue weighted by Gasteiger charge is -2.18. The van der Waals surface area contributed by atoms with E-state index in [1.165, 1.54) is 12.1 Å². The van der Waals surface area contributed by atoms with E-state index in [2.05, 4.69) is 16.3 Å². The summed E-state index contributed by atoms with van der Waals surface area (Å²) in [7, 11) is -4.32. The monoisotopic (exact) mass is 451 g/mol. The summed E-state index contributed by atoms with van der Waals surface area (Å²) in [6.45, 7) is 17.3. The van der Waals surface area contributed by atoms with Gasteiger partial charge in [0.25, 0.3) is 0 Å². The Kier molecular flexibility index (Phi) is 5.77. The molecule has 6 nitrogen and oxygen atoms in total. The zero-order valence-corrected chi connectivity index (χ0v) is 16.5. The molecule has 0 unspecified atom stereocenters. The first-order valence-corrected chi connectivity index (χ1v) is 10.0. The predicted molar refractivity (Wildman–Crippen MR) is 103 cm³/mol. The van der Waals surface area contributed by atoms with E-state index in [0.29, 0.717) is 17.7 Å². The van der Waals surface area contributed by atoms with E-state index in [9.17, 15) is 26.0 Å². The van der Waals surface area contributed by atoms with Gasteiger partial charge in [0, 0.05) is 18.2 Å².